The lowest BCUT2D eigenvalue weighted by Crippen LogP contribution is -2.36. The Kier molecular flexibility index (Phi) is 5.20. The molecule has 3 rings (SSSR count). The van der Waals surface area contributed by atoms with Crippen molar-refractivity contribution in [2.45, 2.75) is 12.1 Å². The number of ether oxygens (including phenoxy) is 1. The maximum absolute atomic E-state index is 13.9. The number of amides is 1. The monoisotopic (exact) mass is 362 g/mol. The van der Waals surface area contributed by atoms with Gasteiger partial charge in [-0.1, -0.05) is 18.2 Å². The second-order valence-corrected chi connectivity index (χ2v) is 6.35. The van der Waals surface area contributed by atoms with E-state index in [4.69, 9.17) is 4.74 Å². The van der Waals surface area contributed by atoms with Gasteiger partial charge in [-0.05, 0) is 36.9 Å². The molecule has 0 bridgehead atoms. The van der Waals surface area contributed by atoms with Crippen LogP contribution in [0.15, 0.2) is 42.5 Å². The molecular weight excluding hydrogens is 342 g/mol. The number of benzene rings is 2. The van der Waals surface area contributed by atoms with Crippen LogP contribution in [0.5, 0.6) is 5.75 Å². The number of nitrogens with zero attached hydrogens (tertiary/aromatic N) is 1. The highest BCUT2D eigenvalue weighted by Gasteiger charge is 2.44. The third kappa shape index (κ3) is 3.40. The second kappa shape index (κ2) is 7.39. The van der Waals surface area contributed by atoms with Crippen molar-refractivity contribution in [1.29, 1.82) is 0 Å². The maximum atomic E-state index is 13.9. The Morgan fingerprint density at radius 2 is 2.00 bits per heavy atom. The van der Waals surface area contributed by atoms with E-state index >= 15 is 0 Å². The Bertz CT molecular complexity index is 815. The number of halogens is 2. The number of carbonyl (C=O) groups excluding carboxylic acids is 1. The molecule has 2 N–H and O–H groups in total. The molecule has 3 atom stereocenters. The molecule has 1 fully saturated rings. The highest BCUT2D eigenvalue weighted by molar-refractivity contribution is 5.94. The predicted molar refractivity (Wildman–Crippen MR) is 92.8 cm³/mol. The molecule has 0 aromatic heterocycles. The van der Waals surface area contributed by atoms with Crippen LogP contribution in [0.1, 0.15) is 11.5 Å². The van der Waals surface area contributed by atoms with Gasteiger partial charge in [0.05, 0.1) is 18.7 Å². The third-order valence-electron chi connectivity index (χ3n) is 4.73. The van der Waals surface area contributed by atoms with Crippen LogP contribution in [0.3, 0.4) is 0 Å². The summed E-state index contributed by atoms with van der Waals surface area (Å²) in [5, 5.41) is 12.9. The largest absolute Gasteiger partial charge is 0.497 e. The summed E-state index contributed by atoms with van der Waals surface area (Å²) >= 11 is 0. The van der Waals surface area contributed by atoms with E-state index in [0.717, 1.165) is 11.6 Å². The molecule has 26 heavy (non-hydrogen) atoms. The number of methoxy groups -OCH3 is 1. The summed E-state index contributed by atoms with van der Waals surface area (Å²) in [6.07, 6.45) is -1.04. The van der Waals surface area contributed by atoms with Gasteiger partial charge >= 0.3 is 0 Å². The van der Waals surface area contributed by atoms with E-state index in [9.17, 15) is 18.7 Å². The van der Waals surface area contributed by atoms with Crippen LogP contribution in [-0.2, 0) is 4.79 Å². The number of aliphatic hydroxyl groups is 1. The van der Waals surface area contributed by atoms with Crippen LogP contribution < -0.4 is 10.1 Å². The average Bonchev–Trinajstić information content (AvgIpc) is 2.94. The zero-order valence-corrected chi connectivity index (χ0v) is 14.4. The molecule has 138 valence electrons. The van der Waals surface area contributed by atoms with E-state index in [1.54, 1.807) is 37.3 Å². The van der Waals surface area contributed by atoms with E-state index in [-0.39, 0.29) is 11.6 Å². The van der Waals surface area contributed by atoms with Gasteiger partial charge in [0, 0.05) is 12.5 Å². The molecule has 1 saturated heterocycles. The molecule has 7 heteroatoms. The van der Waals surface area contributed by atoms with Crippen LogP contribution >= 0.6 is 0 Å². The molecule has 1 aliphatic rings. The first kappa shape index (κ1) is 18.3. The number of nitrogens with one attached hydrogen (secondary N) is 1. The van der Waals surface area contributed by atoms with Gasteiger partial charge in [0.25, 0.3) is 0 Å². The van der Waals surface area contributed by atoms with Gasteiger partial charge < -0.3 is 15.2 Å². The van der Waals surface area contributed by atoms with Gasteiger partial charge in [0.1, 0.15) is 12.0 Å². The zero-order chi connectivity index (χ0) is 18.8. The van der Waals surface area contributed by atoms with E-state index in [1.807, 2.05) is 6.07 Å². The van der Waals surface area contributed by atoms with Crippen LogP contribution in [-0.4, -0.2) is 42.8 Å². The fourth-order valence-electron chi connectivity index (χ4n) is 3.33. The van der Waals surface area contributed by atoms with Crippen molar-refractivity contribution < 1.29 is 23.4 Å². The van der Waals surface area contributed by atoms with Gasteiger partial charge in [0.2, 0.25) is 5.91 Å². The smallest absolute Gasteiger partial charge is 0.232 e. The van der Waals surface area contributed by atoms with Crippen molar-refractivity contribution in [2.75, 3.05) is 26.0 Å². The first-order valence-electron chi connectivity index (χ1n) is 8.19. The lowest BCUT2D eigenvalue weighted by atomic mass is 9.87. The van der Waals surface area contributed by atoms with Gasteiger partial charge in [0.15, 0.2) is 11.6 Å². The molecular formula is C19H20F2N2O3. The van der Waals surface area contributed by atoms with Crippen LogP contribution in [0, 0.1) is 17.6 Å². The van der Waals surface area contributed by atoms with Crippen molar-refractivity contribution in [3.8, 4) is 5.75 Å². The van der Waals surface area contributed by atoms with Gasteiger partial charge in [-0.3, -0.25) is 9.69 Å². The summed E-state index contributed by atoms with van der Waals surface area (Å²) < 4.78 is 32.5. The first-order valence-corrected chi connectivity index (χ1v) is 8.19. The summed E-state index contributed by atoms with van der Waals surface area (Å²) in [6, 6.07) is 10.8. The van der Waals surface area contributed by atoms with Crippen LogP contribution in [0.4, 0.5) is 14.5 Å². The summed E-state index contributed by atoms with van der Waals surface area (Å²) in [6.45, 7) is 0.443. The van der Waals surface area contributed by atoms with E-state index in [1.165, 1.54) is 12.1 Å². The van der Waals surface area contributed by atoms with Crippen molar-refractivity contribution in [2.24, 2.45) is 5.92 Å². The van der Waals surface area contributed by atoms with Gasteiger partial charge in [-0.15, -0.1) is 0 Å². The number of rotatable bonds is 4. The Balaban J connectivity index is 1.89. The number of likely N-dealkylation sites (N-methyl/N-ethyl adjacent to an activating group) is 1. The predicted octanol–water partition coefficient (Wildman–Crippen LogP) is 2.58. The molecule has 0 saturated carbocycles. The molecule has 2 aromatic rings. The minimum atomic E-state index is -1.13. The Hall–Kier alpha value is -2.51. The van der Waals surface area contributed by atoms with Gasteiger partial charge in [-0.2, -0.15) is 0 Å². The molecule has 0 spiro atoms. The number of aliphatic hydroxyl groups excluding tert-OH is 1. The van der Waals surface area contributed by atoms with E-state index in [0.29, 0.717) is 12.3 Å². The van der Waals surface area contributed by atoms with Crippen LogP contribution in [0.25, 0.3) is 0 Å². The first-order chi connectivity index (χ1) is 12.4. The standard InChI is InChI=1S/C19H20F2N2O3/c1-23-10-13(11-5-3-6-12(9-11)26-2)16(19(23)25)18(24)22-15-8-4-7-14(20)17(15)21/h3-9,13,16,19,25H,10H2,1-2H3,(H,22,24)/t13-,16+,19?/m1/s1. The van der Waals surface area contributed by atoms with Crippen molar-refractivity contribution in [1.82, 2.24) is 4.90 Å². The number of anilines is 1. The fourth-order valence-corrected chi connectivity index (χ4v) is 3.33. The second-order valence-electron chi connectivity index (χ2n) is 6.35. The number of hydrogen-bond acceptors (Lipinski definition) is 4. The highest BCUT2D eigenvalue weighted by atomic mass is 19.2. The number of likely N-dealkylation sites (tertiary alicyclic amines) is 1. The maximum Gasteiger partial charge on any atom is 0.232 e. The van der Waals surface area contributed by atoms with Gasteiger partial charge in [-0.25, -0.2) is 8.78 Å². The van der Waals surface area contributed by atoms with Crippen molar-refractivity contribution in [3.05, 3.63) is 59.7 Å². The topological polar surface area (TPSA) is 61.8 Å². The fraction of sp³-hybridized carbons (Fsp3) is 0.316. The molecule has 2 aromatic carbocycles. The molecule has 1 amide bonds. The lowest BCUT2D eigenvalue weighted by molar-refractivity contribution is -0.124. The average molecular weight is 362 g/mol. The summed E-state index contributed by atoms with van der Waals surface area (Å²) in [5.74, 6) is -3.26. The SMILES string of the molecule is COc1cccc([C@H]2CN(C)C(O)[C@@H]2C(=O)Nc2cccc(F)c2F)c1. The number of hydrogen-bond donors (Lipinski definition) is 2. The van der Waals surface area contributed by atoms with Crippen LogP contribution in [0.2, 0.25) is 0 Å². The van der Waals surface area contributed by atoms with Crippen molar-refractivity contribution >= 4 is 11.6 Å². The van der Waals surface area contributed by atoms with E-state index < -0.39 is 29.7 Å². The minimum absolute atomic E-state index is 0.249. The molecule has 5 nitrogen and oxygen atoms in total. The third-order valence-corrected chi connectivity index (χ3v) is 4.73. The summed E-state index contributed by atoms with van der Waals surface area (Å²) in [5.41, 5.74) is 0.578. The Morgan fingerprint density at radius 3 is 2.73 bits per heavy atom. The normalized spacial score (nSPS) is 23.0. The van der Waals surface area contributed by atoms with E-state index in [2.05, 4.69) is 5.32 Å². The summed E-state index contributed by atoms with van der Waals surface area (Å²) in [4.78, 5) is 14.4. The highest BCUT2D eigenvalue weighted by Crippen LogP contribution is 2.37. The molecule has 1 unspecified atom stereocenters. The summed E-state index contributed by atoms with van der Waals surface area (Å²) in [7, 11) is 3.25. The lowest BCUT2D eigenvalue weighted by Gasteiger charge is -2.22. The van der Waals surface area contributed by atoms with Crippen molar-refractivity contribution in [3.63, 3.8) is 0 Å². The number of carbonyl (C=O) groups is 1. The molecule has 1 aliphatic heterocycles. The minimum Gasteiger partial charge on any atom is -0.497 e. The molecule has 0 aliphatic carbocycles. The Morgan fingerprint density at radius 1 is 1.27 bits per heavy atom. The molecule has 0 radical (unpaired) electrons. The molecule has 1 heterocycles. The zero-order valence-electron chi connectivity index (χ0n) is 14.4. The quantitative estimate of drug-likeness (QED) is 0.878. The Labute approximate surface area is 150 Å².